The Morgan fingerprint density at radius 3 is 2.50 bits per heavy atom. The molecule has 0 saturated heterocycles. The van der Waals surface area contributed by atoms with Crippen LogP contribution in [-0.2, 0) is 4.79 Å². The summed E-state index contributed by atoms with van der Waals surface area (Å²) in [5, 5.41) is 8.88. The minimum atomic E-state index is -2.99. The summed E-state index contributed by atoms with van der Waals surface area (Å²) in [7, 11) is 1.33. The summed E-state index contributed by atoms with van der Waals surface area (Å²) in [5.74, 6) is -1.51. The van der Waals surface area contributed by atoms with Crippen LogP contribution in [0.5, 0.6) is 11.5 Å². The van der Waals surface area contributed by atoms with E-state index < -0.39 is 24.5 Å². The molecule has 0 spiro atoms. The molecule has 7 heteroatoms. The van der Waals surface area contributed by atoms with Gasteiger partial charge in [0.05, 0.1) is 13.5 Å². The number of hydrogen-bond donors (Lipinski definition) is 2. The van der Waals surface area contributed by atoms with E-state index in [1.807, 2.05) is 0 Å². The largest absolute Gasteiger partial charge is 0.493 e. The maximum absolute atomic E-state index is 12.3. The summed E-state index contributed by atoms with van der Waals surface area (Å²) < 4.78 is 34.0. The number of benzene rings is 1. The van der Waals surface area contributed by atoms with E-state index >= 15 is 0 Å². The van der Waals surface area contributed by atoms with Crippen molar-refractivity contribution in [3.05, 3.63) is 23.8 Å². The second kappa shape index (κ2) is 7.04. The fourth-order valence-electron chi connectivity index (χ4n) is 1.91. The normalized spacial score (nSPS) is 13.9. The Balaban J connectivity index is 3.12. The minimum Gasteiger partial charge on any atom is -0.493 e. The van der Waals surface area contributed by atoms with Crippen LogP contribution in [0.25, 0.3) is 0 Å². The summed E-state index contributed by atoms with van der Waals surface area (Å²) in [5.41, 5.74) is 6.27. The van der Waals surface area contributed by atoms with Gasteiger partial charge in [0.1, 0.15) is 0 Å². The lowest BCUT2D eigenvalue weighted by Crippen LogP contribution is -2.27. The van der Waals surface area contributed by atoms with Gasteiger partial charge in [0.25, 0.3) is 0 Å². The van der Waals surface area contributed by atoms with Gasteiger partial charge in [0.15, 0.2) is 11.5 Å². The molecule has 3 N–H and O–H groups in total. The Labute approximate surface area is 115 Å². The lowest BCUT2D eigenvalue weighted by atomic mass is 9.89. The van der Waals surface area contributed by atoms with Crippen LogP contribution in [0, 0.1) is 0 Å². The summed E-state index contributed by atoms with van der Waals surface area (Å²) in [6, 6.07) is 3.93. The van der Waals surface area contributed by atoms with Gasteiger partial charge in [-0.05, 0) is 24.6 Å². The molecule has 1 aromatic carbocycles. The number of aliphatic carboxylic acids is 1. The number of carbonyl (C=O) groups is 1. The van der Waals surface area contributed by atoms with Crippen molar-refractivity contribution < 1.29 is 28.2 Å². The Kier molecular flexibility index (Phi) is 5.69. The lowest BCUT2D eigenvalue weighted by molar-refractivity contribution is -0.137. The first-order chi connectivity index (χ1) is 9.35. The third kappa shape index (κ3) is 4.34. The first-order valence-electron chi connectivity index (χ1n) is 5.95. The average molecular weight is 289 g/mol. The van der Waals surface area contributed by atoms with Crippen LogP contribution >= 0.6 is 0 Å². The van der Waals surface area contributed by atoms with E-state index in [-0.39, 0.29) is 17.9 Å². The molecule has 20 heavy (non-hydrogen) atoms. The van der Waals surface area contributed by atoms with Crippen LogP contribution in [0.4, 0.5) is 8.78 Å². The van der Waals surface area contributed by atoms with E-state index in [9.17, 15) is 13.6 Å². The second-order valence-electron chi connectivity index (χ2n) is 4.35. The number of alkyl halides is 2. The molecule has 0 aliphatic rings. The maximum atomic E-state index is 12.3. The van der Waals surface area contributed by atoms with Gasteiger partial charge in [-0.25, -0.2) is 0 Å². The fourth-order valence-corrected chi connectivity index (χ4v) is 1.91. The second-order valence-corrected chi connectivity index (χ2v) is 4.35. The predicted molar refractivity (Wildman–Crippen MR) is 68.3 cm³/mol. The molecule has 5 nitrogen and oxygen atoms in total. The zero-order valence-corrected chi connectivity index (χ0v) is 11.2. The molecule has 1 aromatic rings. The molecule has 0 heterocycles. The molecule has 2 atom stereocenters. The van der Waals surface area contributed by atoms with Gasteiger partial charge >= 0.3 is 12.6 Å². The molecule has 2 unspecified atom stereocenters. The molecule has 0 aliphatic carbocycles. The first kappa shape index (κ1) is 16.2. The van der Waals surface area contributed by atoms with E-state index in [2.05, 4.69) is 4.74 Å². The van der Waals surface area contributed by atoms with Crippen molar-refractivity contribution in [2.24, 2.45) is 5.73 Å². The Morgan fingerprint density at radius 2 is 2.05 bits per heavy atom. The first-order valence-corrected chi connectivity index (χ1v) is 5.95. The summed E-state index contributed by atoms with van der Waals surface area (Å²) in [6.07, 6.45) is -0.196. The van der Waals surface area contributed by atoms with Gasteiger partial charge in [-0.1, -0.05) is 6.07 Å². The molecule has 0 bridgehead atoms. The van der Waals surface area contributed by atoms with Crippen LogP contribution < -0.4 is 15.2 Å². The standard InChI is InChI=1S/C13H17F2NO4/c1-7(16)9(6-12(17)18)8-3-4-10(19-2)11(5-8)20-13(14)15/h3-5,7,9,13H,6,16H2,1-2H3,(H,17,18). The topological polar surface area (TPSA) is 81.8 Å². The molecule has 0 radical (unpaired) electrons. The Bertz CT molecular complexity index is 466. The number of hydrogen-bond acceptors (Lipinski definition) is 4. The SMILES string of the molecule is COc1ccc(C(CC(=O)O)C(C)N)cc1OC(F)F. The molecule has 1 rings (SSSR count). The van der Waals surface area contributed by atoms with Gasteiger partial charge < -0.3 is 20.3 Å². The average Bonchev–Trinajstić information content (AvgIpc) is 2.34. The maximum Gasteiger partial charge on any atom is 0.387 e. The van der Waals surface area contributed by atoms with Crippen molar-refractivity contribution in [2.75, 3.05) is 7.11 Å². The highest BCUT2D eigenvalue weighted by Gasteiger charge is 2.22. The molecule has 0 aromatic heterocycles. The number of rotatable bonds is 7. The van der Waals surface area contributed by atoms with Gasteiger partial charge in [0.2, 0.25) is 0 Å². The number of ether oxygens (including phenoxy) is 2. The van der Waals surface area contributed by atoms with Crippen molar-refractivity contribution in [1.29, 1.82) is 0 Å². The zero-order chi connectivity index (χ0) is 15.3. The number of carboxylic acids is 1. The van der Waals surface area contributed by atoms with Gasteiger partial charge in [-0.2, -0.15) is 8.78 Å². The zero-order valence-electron chi connectivity index (χ0n) is 11.2. The van der Waals surface area contributed by atoms with Crippen molar-refractivity contribution in [2.45, 2.75) is 31.9 Å². The molecular formula is C13H17F2NO4. The third-order valence-corrected chi connectivity index (χ3v) is 2.86. The number of carboxylic acid groups (broad SMARTS) is 1. The van der Waals surface area contributed by atoms with E-state index in [0.29, 0.717) is 5.56 Å². The van der Waals surface area contributed by atoms with Crippen molar-refractivity contribution in [3.63, 3.8) is 0 Å². The third-order valence-electron chi connectivity index (χ3n) is 2.86. The van der Waals surface area contributed by atoms with Crippen molar-refractivity contribution in [1.82, 2.24) is 0 Å². The summed E-state index contributed by atoms with van der Waals surface area (Å²) >= 11 is 0. The monoisotopic (exact) mass is 289 g/mol. The van der Waals surface area contributed by atoms with E-state index in [0.717, 1.165) is 0 Å². The minimum absolute atomic E-state index is 0.143. The summed E-state index contributed by atoms with van der Waals surface area (Å²) in [4.78, 5) is 10.8. The molecule has 0 fully saturated rings. The van der Waals surface area contributed by atoms with Crippen LogP contribution in [-0.4, -0.2) is 30.8 Å². The Morgan fingerprint density at radius 1 is 1.40 bits per heavy atom. The van der Waals surface area contributed by atoms with Crippen LogP contribution in [0.3, 0.4) is 0 Å². The van der Waals surface area contributed by atoms with Crippen LogP contribution in [0.1, 0.15) is 24.8 Å². The highest BCUT2D eigenvalue weighted by molar-refractivity contribution is 5.68. The van der Waals surface area contributed by atoms with E-state index in [1.54, 1.807) is 13.0 Å². The smallest absolute Gasteiger partial charge is 0.387 e. The molecule has 0 saturated carbocycles. The fraction of sp³-hybridized carbons (Fsp3) is 0.462. The van der Waals surface area contributed by atoms with Gasteiger partial charge in [-0.15, -0.1) is 0 Å². The number of halogens is 2. The van der Waals surface area contributed by atoms with E-state index in [4.69, 9.17) is 15.6 Å². The molecule has 112 valence electrons. The van der Waals surface area contributed by atoms with Crippen LogP contribution in [0.2, 0.25) is 0 Å². The van der Waals surface area contributed by atoms with Crippen molar-refractivity contribution >= 4 is 5.97 Å². The predicted octanol–water partition coefficient (Wildman–Crippen LogP) is 2.20. The molecule has 0 amide bonds. The summed E-state index contributed by atoms with van der Waals surface area (Å²) in [6.45, 7) is -1.33. The highest BCUT2D eigenvalue weighted by Crippen LogP contribution is 2.33. The number of nitrogens with two attached hydrogens (primary N) is 1. The number of methoxy groups -OCH3 is 1. The van der Waals surface area contributed by atoms with Gasteiger partial charge in [-0.3, -0.25) is 4.79 Å². The lowest BCUT2D eigenvalue weighted by Gasteiger charge is -2.21. The van der Waals surface area contributed by atoms with E-state index in [1.165, 1.54) is 19.2 Å². The molecule has 0 aliphatic heterocycles. The quantitative estimate of drug-likeness (QED) is 0.804. The molecular weight excluding hydrogens is 272 g/mol. The highest BCUT2D eigenvalue weighted by atomic mass is 19.3. The van der Waals surface area contributed by atoms with Gasteiger partial charge in [0, 0.05) is 12.0 Å². The Hall–Kier alpha value is -1.89. The van der Waals surface area contributed by atoms with Crippen molar-refractivity contribution in [3.8, 4) is 11.5 Å². The van der Waals surface area contributed by atoms with Crippen LogP contribution in [0.15, 0.2) is 18.2 Å².